The molecule has 0 radical (unpaired) electrons. The molecule has 0 saturated carbocycles. The van der Waals surface area contributed by atoms with Crippen LogP contribution in [0.2, 0.25) is 0 Å². The lowest BCUT2D eigenvalue weighted by molar-refractivity contribution is 0.179. The van der Waals surface area contributed by atoms with E-state index in [2.05, 4.69) is 16.8 Å². The van der Waals surface area contributed by atoms with Crippen LogP contribution < -0.4 is 0 Å². The fourth-order valence-electron chi connectivity index (χ4n) is 1.85. The molecule has 0 bridgehead atoms. The molecule has 0 aliphatic heterocycles. The Bertz CT molecular complexity index is 593. The lowest BCUT2D eigenvalue weighted by atomic mass is 10.1. The monoisotopic (exact) mass is 225 g/mol. The van der Waals surface area contributed by atoms with Gasteiger partial charge in [-0.15, -0.1) is 11.8 Å². The number of nitrogens with zero attached hydrogens (tertiary/aromatic N) is 1. The first-order chi connectivity index (χ1) is 8.22. The molecule has 1 N–H and O–H groups in total. The molecule has 1 atom stereocenters. The van der Waals surface area contributed by atoms with Gasteiger partial charge < -0.3 is 5.11 Å². The number of hydrogen-bond donors (Lipinski definition) is 1. The molecule has 2 rings (SSSR count). The smallest absolute Gasteiger partial charge is 0.107 e. The van der Waals surface area contributed by atoms with Gasteiger partial charge >= 0.3 is 0 Å². The number of aryl methyl sites for hydroxylation is 1. The van der Waals surface area contributed by atoms with E-state index < -0.39 is 6.10 Å². The molecule has 2 aromatic rings. The van der Waals surface area contributed by atoms with Crippen LogP contribution in [0.1, 0.15) is 30.7 Å². The van der Waals surface area contributed by atoms with Crippen molar-refractivity contribution >= 4 is 10.9 Å². The van der Waals surface area contributed by atoms with E-state index in [0.717, 1.165) is 16.5 Å². The van der Waals surface area contributed by atoms with Gasteiger partial charge in [0.2, 0.25) is 0 Å². The van der Waals surface area contributed by atoms with Crippen molar-refractivity contribution in [3.8, 4) is 11.8 Å². The predicted octanol–water partition coefficient (Wildman–Crippen LogP) is 2.99. The van der Waals surface area contributed by atoms with Crippen LogP contribution in [0.15, 0.2) is 30.3 Å². The van der Waals surface area contributed by atoms with Crippen LogP contribution >= 0.6 is 0 Å². The number of aromatic nitrogens is 1. The van der Waals surface area contributed by atoms with E-state index in [1.165, 1.54) is 0 Å². The van der Waals surface area contributed by atoms with Gasteiger partial charge in [-0.05, 0) is 31.5 Å². The number of benzene rings is 1. The van der Waals surface area contributed by atoms with E-state index in [1.807, 2.05) is 37.3 Å². The number of fused-ring (bicyclic) bond motifs is 1. The number of pyridine rings is 1. The lowest BCUT2D eigenvalue weighted by Gasteiger charge is -2.10. The van der Waals surface area contributed by atoms with E-state index >= 15 is 0 Å². The van der Waals surface area contributed by atoms with Gasteiger partial charge in [-0.1, -0.05) is 18.2 Å². The molecule has 1 aromatic heterocycles. The van der Waals surface area contributed by atoms with Crippen LogP contribution in [-0.4, -0.2) is 10.1 Å². The molecular formula is C15H15NO. The molecule has 0 amide bonds. The number of para-hydroxylation sites is 1. The van der Waals surface area contributed by atoms with Crippen molar-refractivity contribution < 1.29 is 5.11 Å². The minimum atomic E-state index is -0.606. The van der Waals surface area contributed by atoms with E-state index in [-0.39, 0.29) is 0 Å². The van der Waals surface area contributed by atoms with Crippen molar-refractivity contribution in [1.29, 1.82) is 0 Å². The average Bonchev–Trinajstić information content (AvgIpc) is 2.36. The number of rotatable bonds is 2. The molecule has 86 valence electrons. The highest BCUT2D eigenvalue weighted by molar-refractivity contribution is 5.82. The van der Waals surface area contributed by atoms with Gasteiger partial charge in [-0.25, -0.2) is 0 Å². The lowest BCUT2D eigenvalue weighted by Crippen LogP contribution is -2.00. The zero-order valence-electron chi connectivity index (χ0n) is 10.1. The summed E-state index contributed by atoms with van der Waals surface area (Å²) in [5.41, 5.74) is 2.75. The molecule has 0 spiro atoms. The van der Waals surface area contributed by atoms with Crippen molar-refractivity contribution in [2.45, 2.75) is 26.4 Å². The minimum absolute atomic E-state index is 0.432. The molecule has 0 fully saturated rings. The van der Waals surface area contributed by atoms with Crippen molar-refractivity contribution in [3.63, 3.8) is 0 Å². The summed E-state index contributed by atoms with van der Waals surface area (Å²) in [4.78, 5) is 4.47. The van der Waals surface area contributed by atoms with Gasteiger partial charge in [-0.2, -0.15) is 0 Å². The van der Waals surface area contributed by atoms with E-state index in [1.54, 1.807) is 6.92 Å². The highest BCUT2D eigenvalue weighted by Gasteiger charge is 2.10. The summed E-state index contributed by atoms with van der Waals surface area (Å²) in [5, 5.41) is 11.1. The summed E-state index contributed by atoms with van der Waals surface area (Å²) < 4.78 is 0. The van der Waals surface area contributed by atoms with Crippen LogP contribution in [-0.2, 0) is 0 Å². The van der Waals surface area contributed by atoms with Crippen molar-refractivity contribution in [1.82, 2.24) is 4.98 Å². The molecular weight excluding hydrogens is 210 g/mol. The second kappa shape index (κ2) is 4.99. The standard InChI is InChI=1S/C15H15NO/c1-3-4-9-15(17)14-10-11(2)12-7-5-6-8-13(12)16-14/h5-8,10,15,17H,9H2,1-2H3. The van der Waals surface area contributed by atoms with Crippen molar-refractivity contribution in [2.75, 3.05) is 0 Å². The average molecular weight is 225 g/mol. The van der Waals surface area contributed by atoms with E-state index in [4.69, 9.17) is 0 Å². The van der Waals surface area contributed by atoms with Crippen molar-refractivity contribution in [2.24, 2.45) is 0 Å². The number of aliphatic hydroxyl groups is 1. The normalized spacial score (nSPS) is 11.9. The number of aliphatic hydroxyl groups excluding tert-OH is 1. The molecule has 1 heterocycles. The first kappa shape index (κ1) is 11.6. The summed E-state index contributed by atoms with van der Waals surface area (Å²) in [6.07, 6.45) is -0.174. The van der Waals surface area contributed by atoms with Gasteiger partial charge in [0, 0.05) is 11.8 Å². The Morgan fingerprint density at radius 1 is 1.35 bits per heavy atom. The zero-order chi connectivity index (χ0) is 12.3. The fraction of sp³-hybridized carbons (Fsp3) is 0.267. The Hall–Kier alpha value is -1.85. The van der Waals surface area contributed by atoms with Gasteiger partial charge in [0.25, 0.3) is 0 Å². The van der Waals surface area contributed by atoms with Crippen LogP contribution in [0.5, 0.6) is 0 Å². The van der Waals surface area contributed by atoms with Gasteiger partial charge in [-0.3, -0.25) is 4.98 Å². The van der Waals surface area contributed by atoms with E-state index in [9.17, 15) is 5.11 Å². The van der Waals surface area contributed by atoms with E-state index in [0.29, 0.717) is 12.1 Å². The van der Waals surface area contributed by atoms with Crippen LogP contribution in [0.25, 0.3) is 10.9 Å². The highest BCUT2D eigenvalue weighted by Crippen LogP contribution is 2.22. The summed E-state index contributed by atoms with van der Waals surface area (Å²) >= 11 is 0. The quantitative estimate of drug-likeness (QED) is 0.797. The van der Waals surface area contributed by atoms with Crippen LogP contribution in [0, 0.1) is 18.8 Å². The largest absolute Gasteiger partial charge is 0.386 e. The molecule has 2 heteroatoms. The first-order valence-corrected chi connectivity index (χ1v) is 5.66. The molecule has 0 aliphatic carbocycles. The summed E-state index contributed by atoms with van der Waals surface area (Å²) in [5.74, 6) is 5.66. The van der Waals surface area contributed by atoms with Crippen LogP contribution in [0.3, 0.4) is 0 Å². The molecule has 1 unspecified atom stereocenters. The van der Waals surface area contributed by atoms with Gasteiger partial charge in [0.05, 0.1) is 11.2 Å². The topological polar surface area (TPSA) is 33.1 Å². The highest BCUT2D eigenvalue weighted by atomic mass is 16.3. The Kier molecular flexibility index (Phi) is 3.41. The summed E-state index contributed by atoms with van der Waals surface area (Å²) in [6, 6.07) is 9.89. The maximum absolute atomic E-state index is 9.97. The molecule has 0 aliphatic rings. The third kappa shape index (κ3) is 2.46. The maximum Gasteiger partial charge on any atom is 0.107 e. The zero-order valence-corrected chi connectivity index (χ0v) is 10.1. The summed E-state index contributed by atoms with van der Waals surface area (Å²) in [7, 11) is 0. The predicted molar refractivity (Wildman–Crippen MR) is 69.5 cm³/mol. The Morgan fingerprint density at radius 2 is 2.12 bits per heavy atom. The fourth-order valence-corrected chi connectivity index (χ4v) is 1.85. The molecule has 2 nitrogen and oxygen atoms in total. The molecule has 0 saturated heterocycles. The van der Waals surface area contributed by atoms with Crippen molar-refractivity contribution in [3.05, 3.63) is 41.6 Å². The SMILES string of the molecule is CC#CCC(O)c1cc(C)c2ccccc2n1. The second-order valence-electron chi connectivity index (χ2n) is 4.03. The Morgan fingerprint density at radius 3 is 2.88 bits per heavy atom. The summed E-state index contributed by atoms with van der Waals surface area (Å²) in [6.45, 7) is 3.80. The third-order valence-electron chi connectivity index (χ3n) is 2.76. The minimum Gasteiger partial charge on any atom is -0.386 e. The van der Waals surface area contributed by atoms with Crippen LogP contribution in [0.4, 0.5) is 0 Å². The number of hydrogen-bond acceptors (Lipinski definition) is 2. The molecule has 17 heavy (non-hydrogen) atoms. The van der Waals surface area contributed by atoms with Gasteiger partial charge in [0.15, 0.2) is 0 Å². The Balaban J connectivity index is 2.44. The third-order valence-corrected chi connectivity index (χ3v) is 2.76. The second-order valence-corrected chi connectivity index (χ2v) is 4.03. The first-order valence-electron chi connectivity index (χ1n) is 5.66. The maximum atomic E-state index is 9.97. The molecule has 1 aromatic carbocycles. The van der Waals surface area contributed by atoms with Gasteiger partial charge in [0.1, 0.15) is 6.10 Å². The Labute approximate surface area is 101 Å².